The molecule has 4 rings (SSSR count). The maximum absolute atomic E-state index is 6.22. The number of nitrogens with zero attached hydrogens (tertiary/aromatic N) is 3. The first-order chi connectivity index (χ1) is 13.3. The fraction of sp³-hybridized carbons (Fsp3) is 0.545. The largest absolute Gasteiger partial charge is 0.382 e. The van der Waals surface area contributed by atoms with Crippen LogP contribution in [0.3, 0.4) is 0 Å². The van der Waals surface area contributed by atoms with E-state index in [-0.39, 0.29) is 0 Å². The molecule has 2 heterocycles. The molecule has 27 heavy (non-hydrogen) atoms. The van der Waals surface area contributed by atoms with E-state index in [9.17, 15) is 0 Å². The van der Waals surface area contributed by atoms with Crippen LogP contribution < -0.4 is 11.1 Å². The summed E-state index contributed by atoms with van der Waals surface area (Å²) in [6.07, 6.45) is 10.1. The highest BCUT2D eigenvalue weighted by Crippen LogP contribution is 2.29. The van der Waals surface area contributed by atoms with E-state index in [1.54, 1.807) is 0 Å². The minimum Gasteiger partial charge on any atom is -0.382 e. The van der Waals surface area contributed by atoms with Gasteiger partial charge in [0.05, 0.1) is 11.0 Å². The van der Waals surface area contributed by atoms with Crippen molar-refractivity contribution in [3.8, 4) is 0 Å². The van der Waals surface area contributed by atoms with E-state index in [1.807, 2.05) is 12.1 Å². The molecule has 0 amide bonds. The van der Waals surface area contributed by atoms with Crippen LogP contribution in [0.25, 0.3) is 21.9 Å². The highest BCUT2D eigenvalue weighted by molar-refractivity contribution is 6.06. The van der Waals surface area contributed by atoms with E-state index in [2.05, 4.69) is 33.9 Å². The number of nitrogens with two attached hydrogens (primary N) is 1. The molecule has 0 spiro atoms. The topological polar surface area (TPSA) is 68.8 Å². The van der Waals surface area contributed by atoms with Crippen LogP contribution >= 0.6 is 0 Å². The Kier molecular flexibility index (Phi) is 5.58. The van der Waals surface area contributed by atoms with Crippen molar-refractivity contribution in [1.82, 2.24) is 19.9 Å². The summed E-state index contributed by atoms with van der Waals surface area (Å²) in [6, 6.07) is 8.98. The number of unbranched alkanes of at least 4 members (excludes halogenated alkanes) is 1. The van der Waals surface area contributed by atoms with Gasteiger partial charge in [0.15, 0.2) is 5.82 Å². The zero-order valence-corrected chi connectivity index (χ0v) is 16.4. The van der Waals surface area contributed by atoms with Crippen LogP contribution in [-0.4, -0.2) is 27.1 Å². The summed E-state index contributed by atoms with van der Waals surface area (Å²) in [5.41, 5.74) is 9.17. The standard InChI is InChI=1S/C22H31N5/c1-2-19-26-20-21(17-12-6-7-13-18(17)25-22(20)23)27(19)15-9-8-14-24-16-10-4-3-5-11-16/h6-7,12-13,16,24H,2-5,8-11,14-15H2,1H3,(H2,23,25). The Labute approximate surface area is 161 Å². The van der Waals surface area contributed by atoms with Crippen molar-refractivity contribution in [2.75, 3.05) is 12.3 Å². The van der Waals surface area contributed by atoms with Gasteiger partial charge in [-0.15, -0.1) is 0 Å². The number of nitrogen functional groups attached to an aromatic ring is 1. The number of hydrogen-bond donors (Lipinski definition) is 2. The third-order valence-corrected chi connectivity index (χ3v) is 5.85. The SMILES string of the molecule is CCc1nc2c(N)nc3ccccc3c2n1CCCCNC1CCCCC1. The Balaban J connectivity index is 1.50. The van der Waals surface area contributed by atoms with Gasteiger partial charge in [0, 0.05) is 24.4 Å². The molecule has 1 saturated carbocycles. The van der Waals surface area contributed by atoms with Gasteiger partial charge in [-0.25, -0.2) is 9.97 Å². The minimum absolute atomic E-state index is 0.538. The van der Waals surface area contributed by atoms with Gasteiger partial charge in [0.25, 0.3) is 0 Å². The van der Waals surface area contributed by atoms with Crippen LogP contribution in [0.4, 0.5) is 5.82 Å². The maximum atomic E-state index is 6.22. The second kappa shape index (κ2) is 8.26. The number of rotatable bonds is 7. The van der Waals surface area contributed by atoms with Crippen molar-refractivity contribution in [2.45, 2.75) is 70.9 Å². The number of anilines is 1. The summed E-state index contributed by atoms with van der Waals surface area (Å²) >= 11 is 0. The lowest BCUT2D eigenvalue weighted by Crippen LogP contribution is -2.31. The van der Waals surface area contributed by atoms with Gasteiger partial charge in [-0.1, -0.05) is 44.4 Å². The number of aromatic nitrogens is 3. The molecular formula is C22H31N5. The quantitative estimate of drug-likeness (QED) is 0.608. The molecule has 1 aliphatic rings. The minimum atomic E-state index is 0.538. The molecule has 5 nitrogen and oxygen atoms in total. The lowest BCUT2D eigenvalue weighted by molar-refractivity contribution is 0.369. The Morgan fingerprint density at radius 2 is 1.93 bits per heavy atom. The van der Waals surface area contributed by atoms with Crippen LogP contribution in [0.15, 0.2) is 24.3 Å². The Morgan fingerprint density at radius 1 is 1.11 bits per heavy atom. The number of aryl methyl sites for hydroxylation is 2. The van der Waals surface area contributed by atoms with E-state index >= 15 is 0 Å². The number of pyridine rings is 1. The summed E-state index contributed by atoms with van der Waals surface area (Å²) in [5, 5.41) is 4.90. The first kappa shape index (κ1) is 18.2. The fourth-order valence-electron chi connectivity index (χ4n) is 4.42. The van der Waals surface area contributed by atoms with Gasteiger partial charge in [0.1, 0.15) is 11.3 Å². The summed E-state index contributed by atoms with van der Waals surface area (Å²) in [7, 11) is 0. The van der Waals surface area contributed by atoms with E-state index in [4.69, 9.17) is 10.7 Å². The molecular weight excluding hydrogens is 334 g/mol. The highest BCUT2D eigenvalue weighted by atomic mass is 15.1. The molecule has 5 heteroatoms. The third-order valence-electron chi connectivity index (χ3n) is 5.85. The van der Waals surface area contributed by atoms with Crippen molar-refractivity contribution in [2.24, 2.45) is 0 Å². The first-order valence-electron chi connectivity index (χ1n) is 10.5. The zero-order chi connectivity index (χ0) is 18.6. The smallest absolute Gasteiger partial charge is 0.152 e. The monoisotopic (exact) mass is 365 g/mol. The van der Waals surface area contributed by atoms with Crippen LogP contribution in [0.1, 0.15) is 57.7 Å². The number of benzene rings is 1. The lowest BCUT2D eigenvalue weighted by atomic mass is 9.95. The van der Waals surface area contributed by atoms with Gasteiger partial charge in [-0.3, -0.25) is 0 Å². The molecule has 144 valence electrons. The van der Waals surface area contributed by atoms with Crippen LogP contribution in [0.2, 0.25) is 0 Å². The van der Waals surface area contributed by atoms with Crippen molar-refractivity contribution >= 4 is 27.8 Å². The lowest BCUT2D eigenvalue weighted by Gasteiger charge is -2.22. The second-order valence-electron chi connectivity index (χ2n) is 7.74. The Hall–Kier alpha value is -2.14. The molecule has 0 aliphatic heterocycles. The van der Waals surface area contributed by atoms with Gasteiger partial charge in [-0.05, 0) is 38.3 Å². The summed E-state index contributed by atoms with van der Waals surface area (Å²) in [5.74, 6) is 1.64. The van der Waals surface area contributed by atoms with E-state index < -0.39 is 0 Å². The average molecular weight is 366 g/mol. The molecule has 0 saturated heterocycles. The van der Waals surface area contributed by atoms with Gasteiger partial charge in [0.2, 0.25) is 0 Å². The highest BCUT2D eigenvalue weighted by Gasteiger charge is 2.16. The van der Waals surface area contributed by atoms with Crippen molar-refractivity contribution in [3.05, 3.63) is 30.1 Å². The Bertz CT molecular complexity index is 908. The summed E-state index contributed by atoms with van der Waals surface area (Å²) in [4.78, 5) is 9.36. The predicted molar refractivity (Wildman–Crippen MR) is 113 cm³/mol. The molecule has 3 aromatic rings. The maximum Gasteiger partial charge on any atom is 0.152 e. The molecule has 0 radical (unpaired) electrons. The molecule has 0 unspecified atom stereocenters. The molecule has 1 fully saturated rings. The number of fused-ring (bicyclic) bond motifs is 3. The molecule has 1 aromatic carbocycles. The average Bonchev–Trinajstić information content (AvgIpc) is 3.08. The zero-order valence-electron chi connectivity index (χ0n) is 16.4. The fourth-order valence-corrected chi connectivity index (χ4v) is 4.42. The van der Waals surface area contributed by atoms with Crippen LogP contribution in [0.5, 0.6) is 0 Å². The summed E-state index contributed by atoms with van der Waals surface area (Å²) in [6.45, 7) is 4.26. The molecule has 1 aliphatic carbocycles. The first-order valence-corrected chi connectivity index (χ1v) is 10.5. The van der Waals surface area contributed by atoms with E-state index in [0.29, 0.717) is 5.82 Å². The van der Waals surface area contributed by atoms with Crippen molar-refractivity contribution < 1.29 is 0 Å². The normalized spacial score (nSPS) is 15.7. The van der Waals surface area contributed by atoms with Gasteiger partial charge >= 0.3 is 0 Å². The van der Waals surface area contributed by atoms with Gasteiger partial charge < -0.3 is 15.6 Å². The third kappa shape index (κ3) is 3.79. The number of hydrogen-bond acceptors (Lipinski definition) is 4. The second-order valence-corrected chi connectivity index (χ2v) is 7.74. The number of imidazole rings is 1. The molecule has 2 aromatic heterocycles. The van der Waals surface area contributed by atoms with Crippen LogP contribution in [-0.2, 0) is 13.0 Å². The number of para-hydroxylation sites is 1. The molecule has 3 N–H and O–H groups in total. The van der Waals surface area contributed by atoms with E-state index in [0.717, 1.165) is 59.7 Å². The van der Waals surface area contributed by atoms with Crippen LogP contribution in [0, 0.1) is 0 Å². The Morgan fingerprint density at radius 3 is 2.74 bits per heavy atom. The van der Waals surface area contributed by atoms with E-state index in [1.165, 1.54) is 38.5 Å². The number of nitrogens with one attached hydrogen (secondary N) is 1. The molecule has 0 bridgehead atoms. The van der Waals surface area contributed by atoms with Gasteiger partial charge in [-0.2, -0.15) is 0 Å². The molecule has 0 atom stereocenters. The predicted octanol–water partition coefficient (Wildman–Crippen LogP) is 4.43. The summed E-state index contributed by atoms with van der Waals surface area (Å²) < 4.78 is 2.37. The van der Waals surface area contributed by atoms with Crippen molar-refractivity contribution in [1.29, 1.82) is 0 Å². The van der Waals surface area contributed by atoms with Crippen molar-refractivity contribution in [3.63, 3.8) is 0 Å².